The molecule has 104 valence electrons. The van der Waals surface area contributed by atoms with Crippen molar-refractivity contribution in [2.45, 2.75) is 32.4 Å². The number of rotatable bonds is 4. The Hall–Kier alpha value is -1.96. The molecule has 0 aromatic carbocycles. The number of aromatic nitrogens is 2. The van der Waals surface area contributed by atoms with E-state index < -0.39 is 16.7 Å². The van der Waals surface area contributed by atoms with Crippen molar-refractivity contribution in [3.8, 4) is 0 Å². The lowest BCUT2D eigenvalue weighted by molar-refractivity contribution is -0.390. The molecule has 0 bridgehead atoms. The van der Waals surface area contributed by atoms with E-state index in [1.165, 1.54) is 10.9 Å². The first-order chi connectivity index (χ1) is 9.13. The van der Waals surface area contributed by atoms with Gasteiger partial charge in [0, 0.05) is 6.61 Å². The van der Waals surface area contributed by atoms with E-state index in [0.29, 0.717) is 6.61 Å². The highest BCUT2D eigenvalue weighted by Gasteiger charge is 2.31. The quantitative estimate of drug-likeness (QED) is 0.468. The number of hydrogen-bond donors (Lipinski definition) is 0. The molecule has 0 spiro atoms. The van der Waals surface area contributed by atoms with Gasteiger partial charge < -0.3 is 19.6 Å². The molecule has 1 atom stereocenters. The molecule has 0 radical (unpaired) electrons. The first-order valence-electron chi connectivity index (χ1n) is 6.15. The van der Waals surface area contributed by atoms with Crippen LogP contribution in [0.1, 0.15) is 42.8 Å². The van der Waals surface area contributed by atoms with Crippen molar-refractivity contribution >= 4 is 11.8 Å². The number of nitro groups is 1. The second kappa shape index (κ2) is 5.79. The lowest BCUT2D eigenvalue weighted by atomic mass is 10.2. The largest absolute Gasteiger partial charge is 0.462 e. The third kappa shape index (κ3) is 2.90. The van der Waals surface area contributed by atoms with Gasteiger partial charge in [0.05, 0.1) is 17.9 Å². The van der Waals surface area contributed by atoms with Crippen molar-refractivity contribution in [3.05, 3.63) is 21.9 Å². The fraction of sp³-hybridized carbons (Fsp3) is 0.636. The van der Waals surface area contributed by atoms with Crippen LogP contribution in [-0.4, -0.2) is 33.9 Å². The molecule has 0 aliphatic carbocycles. The summed E-state index contributed by atoms with van der Waals surface area (Å²) in [7, 11) is 0. The Kier molecular flexibility index (Phi) is 4.10. The zero-order valence-corrected chi connectivity index (χ0v) is 10.6. The monoisotopic (exact) mass is 269 g/mol. The average Bonchev–Trinajstić information content (AvgIpc) is 2.85. The van der Waals surface area contributed by atoms with Crippen LogP contribution in [-0.2, 0) is 9.47 Å². The predicted octanol–water partition coefficient (Wildman–Crippen LogP) is 1.67. The summed E-state index contributed by atoms with van der Waals surface area (Å²) in [6, 6.07) is 0. The van der Waals surface area contributed by atoms with Crippen LogP contribution < -0.4 is 0 Å². The van der Waals surface area contributed by atoms with Gasteiger partial charge in [0.2, 0.25) is 0 Å². The maximum atomic E-state index is 11.6. The Labute approximate surface area is 109 Å². The lowest BCUT2D eigenvalue weighted by Gasteiger charge is -2.20. The van der Waals surface area contributed by atoms with Crippen LogP contribution in [0.4, 0.5) is 5.82 Å². The van der Waals surface area contributed by atoms with Gasteiger partial charge in [-0.05, 0) is 31.1 Å². The number of hydrogen-bond acceptors (Lipinski definition) is 6. The molecule has 0 N–H and O–H groups in total. The van der Waals surface area contributed by atoms with Crippen LogP contribution in [0.15, 0.2) is 6.20 Å². The van der Waals surface area contributed by atoms with E-state index in [1.54, 1.807) is 6.92 Å². The predicted molar refractivity (Wildman–Crippen MR) is 63.7 cm³/mol. The maximum absolute atomic E-state index is 11.6. The Morgan fingerprint density at radius 1 is 1.68 bits per heavy atom. The van der Waals surface area contributed by atoms with Crippen molar-refractivity contribution in [2.75, 3.05) is 13.2 Å². The smallest absolute Gasteiger partial charge is 0.404 e. The van der Waals surface area contributed by atoms with Gasteiger partial charge in [0.25, 0.3) is 0 Å². The molecule has 8 nitrogen and oxygen atoms in total. The standard InChI is InChI=1S/C11H15N3O5/c1-2-18-11(15)8-7-13(12-10(8)14(16)17)9-5-3-4-6-19-9/h7,9H,2-6H2,1H3. The number of ether oxygens (including phenoxy) is 2. The molecule has 0 amide bonds. The first-order valence-corrected chi connectivity index (χ1v) is 6.15. The zero-order chi connectivity index (χ0) is 13.8. The van der Waals surface area contributed by atoms with Gasteiger partial charge in [-0.2, -0.15) is 4.68 Å². The third-order valence-electron chi connectivity index (χ3n) is 2.83. The molecule has 1 aromatic rings. The summed E-state index contributed by atoms with van der Waals surface area (Å²) in [6.45, 7) is 2.38. The summed E-state index contributed by atoms with van der Waals surface area (Å²) >= 11 is 0. The topological polar surface area (TPSA) is 96.5 Å². The van der Waals surface area contributed by atoms with Crippen LogP contribution in [0, 0.1) is 10.1 Å². The Bertz CT molecular complexity index is 479. The molecule has 1 aliphatic heterocycles. The van der Waals surface area contributed by atoms with Crippen molar-refractivity contribution in [1.82, 2.24) is 9.78 Å². The number of esters is 1. The van der Waals surface area contributed by atoms with Gasteiger partial charge in [-0.15, -0.1) is 0 Å². The second-order valence-electron chi connectivity index (χ2n) is 4.15. The van der Waals surface area contributed by atoms with Crippen LogP contribution in [0.5, 0.6) is 0 Å². The van der Waals surface area contributed by atoms with Crippen molar-refractivity contribution in [1.29, 1.82) is 0 Å². The lowest BCUT2D eigenvalue weighted by Crippen LogP contribution is -2.18. The molecule has 1 aliphatic rings. The van der Waals surface area contributed by atoms with Crippen LogP contribution in [0.25, 0.3) is 0 Å². The summed E-state index contributed by atoms with van der Waals surface area (Å²) in [5, 5.41) is 14.7. The van der Waals surface area contributed by atoms with Crippen LogP contribution in [0.3, 0.4) is 0 Å². The van der Waals surface area contributed by atoms with Gasteiger partial charge in [-0.1, -0.05) is 0 Å². The van der Waals surface area contributed by atoms with Crippen molar-refractivity contribution in [3.63, 3.8) is 0 Å². The summed E-state index contributed by atoms with van der Waals surface area (Å²) < 4.78 is 11.6. The van der Waals surface area contributed by atoms with Gasteiger partial charge >= 0.3 is 11.8 Å². The molecule has 8 heteroatoms. The van der Waals surface area contributed by atoms with Crippen LogP contribution in [0.2, 0.25) is 0 Å². The molecule has 1 unspecified atom stereocenters. The zero-order valence-electron chi connectivity index (χ0n) is 10.6. The summed E-state index contributed by atoms with van der Waals surface area (Å²) in [4.78, 5) is 21.9. The first kappa shape index (κ1) is 13.5. The Morgan fingerprint density at radius 3 is 3.05 bits per heavy atom. The van der Waals surface area contributed by atoms with E-state index in [2.05, 4.69) is 5.10 Å². The molecule has 1 saturated heterocycles. The molecule has 0 saturated carbocycles. The van der Waals surface area contributed by atoms with Crippen molar-refractivity contribution in [2.24, 2.45) is 0 Å². The van der Waals surface area contributed by atoms with E-state index in [9.17, 15) is 14.9 Å². The van der Waals surface area contributed by atoms with Crippen LogP contribution >= 0.6 is 0 Å². The Balaban J connectivity index is 2.28. The molecule has 2 heterocycles. The molecular weight excluding hydrogens is 254 g/mol. The fourth-order valence-electron chi connectivity index (χ4n) is 1.95. The van der Waals surface area contributed by atoms with E-state index in [4.69, 9.17) is 9.47 Å². The average molecular weight is 269 g/mol. The highest BCUT2D eigenvalue weighted by Crippen LogP contribution is 2.25. The molecule has 1 fully saturated rings. The molecule has 2 rings (SSSR count). The minimum absolute atomic E-state index is 0.138. The maximum Gasteiger partial charge on any atom is 0.404 e. The minimum atomic E-state index is -0.740. The molecule has 1 aromatic heterocycles. The van der Waals surface area contributed by atoms with Gasteiger partial charge in [-0.25, -0.2) is 4.79 Å². The Morgan fingerprint density at radius 2 is 2.47 bits per heavy atom. The van der Waals surface area contributed by atoms with Gasteiger partial charge in [0.1, 0.15) is 0 Å². The fourth-order valence-corrected chi connectivity index (χ4v) is 1.95. The van der Waals surface area contributed by atoms with E-state index in [-0.39, 0.29) is 18.4 Å². The number of carbonyl (C=O) groups excluding carboxylic acids is 1. The summed E-state index contributed by atoms with van der Waals surface area (Å²) in [5.74, 6) is -1.23. The minimum Gasteiger partial charge on any atom is -0.462 e. The second-order valence-corrected chi connectivity index (χ2v) is 4.15. The molecule has 19 heavy (non-hydrogen) atoms. The number of carbonyl (C=O) groups is 1. The van der Waals surface area contributed by atoms with E-state index in [0.717, 1.165) is 19.3 Å². The summed E-state index contributed by atoms with van der Waals surface area (Å²) in [5.41, 5.74) is -0.138. The van der Waals surface area contributed by atoms with E-state index in [1.807, 2.05) is 0 Å². The highest BCUT2D eigenvalue weighted by molar-refractivity contribution is 5.92. The normalized spacial score (nSPS) is 19.1. The third-order valence-corrected chi connectivity index (χ3v) is 2.83. The molecular formula is C11H15N3O5. The van der Waals surface area contributed by atoms with Crippen molar-refractivity contribution < 1.29 is 19.2 Å². The summed E-state index contributed by atoms with van der Waals surface area (Å²) in [6.07, 6.45) is 3.63. The SMILES string of the molecule is CCOC(=O)c1cn(C2CCCCO2)nc1[N+](=O)[O-]. The van der Waals surface area contributed by atoms with E-state index >= 15 is 0 Å². The number of nitrogens with zero attached hydrogens (tertiary/aromatic N) is 3. The highest BCUT2D eigenvalue weighted by atomic mass is 16.6. The van der Waals surface area contributed by atoms with Gasteiger partial charge in [-0.3, -0.25) is 0 Å². The van der Waals surface area contributed by atoms with Gasteiger partial charge in [0.15, 0.2) is 11.8 Å².